The summed E-state index contributed by atoms with van der Waals surface area (Å²) < 4.78 is 5.94. The summed E-state index contributed by atoms with van der Waals surface area (Å²) >= 11 is 0. The molecule has 0 fully saturated rings. The summed E-state index contributed by atoms with van der Waals surface area (Å²) in [4.78, 5) is 23.8. The Morgan fingerprint density at radius 1 is 1.08 bits per heavy atom. The van der Waals surface area contributed by atoms with E-state index in [0.717, 1.165) is 17.6 Å². The van der Waals surface area contributed by atoms with Crippen LogP contribution >= 0.6 is 0 Å². The SMILES string of the molecule is O=C(O)c1ccc2oc3c(c(=O)c2c1)CCC3=Cc1ccccc1. The van der Waals surface area contributed by atoms with E-state index in [1.165, 1.54) is 12.1 Å². The van der Waals surface area contributed by atoms with Crippen LogP contribution in [-0.2, 0) is 6.42 Å². The van der Waals surface area contributed by atoms with Crippen molar-refractivity contribution in [3.8, 4) is 0 Å². The average molecular weight is 318 g/mol. The van der Waals surface area contributed by atoms with Gasteiger partial charge in [-0.05, 0) is 48.3 Å². The third-order valence-electron chi connectivity index (χ3n) is 4.31. The Labute approximate surface area is 137 Å². The first-order valence-corrected chi connectivity index (χ1v) is 7.72. The number of hydrogen-bond acceptors (Lipinski definition) is 3. The molecule has 0 aliphatic heterocycles. The highest BCUT2D eigenvalue weighted by atomic mass is 16.4. The van der Waals surface area contributed by atoms with Crippen molar-refractivity contribution in [2.24, 2.45) is 0 Å². The highest BCUT2D eigenvalue weighted by molar-refractivity contribution is 5.94. The van der Waals surface area contributed by atoms with Crippen molar-refractivity contribution in [1.82, 2.24) is 0 Å². The lowest BCUT2D eigenvalue weighted by Crippen LogP contribution is -2.09. The van der Waals surface area contributed by atoms with E-state index in [1.807, 2.05) is 36.4 Å². The van der Waals surface area contributed by atoms with Crippen LogP contribution < -0.4 is 5.43 Å². The van der Waals surface area contributed by atoms with Crippen molar-refractivity contribution in [3.63, 3.8) is 0 Å². The smallest absolute Gasteiger partial charge is 0.335 e. The molecule has 2 aromatic carbocycles. The van der Waals surface area contributed by atoms with Gasteiger partial charge in [0.2, 0.25) is 0 Å². The van der Waals surface area contributed by atoms with Crippen LogP contribution in [0.25, 0.3) is 22.6 Å². The molecule has 0 unspecified atom stereocenters. The lowest BCUT2D eigenvalue weighted by molar-refractivity contribution is 0.0697. The van der Waals surface area contributed by atoms with Gasteiger partial charge in [-0.3, -0.25) is 4.79 Å². The van der Waals surface area contributed by atoms with Crippen molar-refractivity contribution >= 4 is 28.6 Å². The first kappa shape index (κ1) is 14.5. The Balaban J connectivity index is 1.90. The fourth-order valence-corrected chi connectivity index (χ4v) is 3.11. The maximum Gasteiger partial charge on any atom is 0.335 e. The molecular formula is C20H14O4. The number of carboxylic acid groups (broad SMARTS) is 1. The molecule has 0 saturated carbocycles. The summed E-state index contributed by atoms with van der Waals surface area (Å²) in [5.74, 6) is -0.430. The predicted molar refractivity (Wildman–Crippen MR) is 92.1 cm³/mol. The molecular weight excluding hydrogens is 304 g/mol. The van der Waals surface area contributed by atoms with Crippen LogP contribution in [0, 0.1) is 0 Å². The van der Waals surface area contributed by atoms with Crippen LogP contribution in [0.15, 0.2) is 57.7 Å². The first-order chi connectivity index (χ1) is 11.6. The second kappa shape index (κ2) is 5.49. The maximum absolute atomic E-state index is 12.7. The third-order valence-corrected chi connectivity index (χ3v) is 4.31. The van der Waals surface area contributed by atoms with Gasteiger partial charge < -0.3 is 9.52 Å². The zero-order chi connectivity index (χ0) is 16.7. The summed E-state index contributed by atoms with van der Waals surface area (Å²) in [6, 6.07) is 14.3. The minimum Gasteiger partial charge on any atom is -0.478 e. The van der Waals surface area contributed by atoms with Gasteiger partial charge in [0.05, 0.1) is 10.9 Å². The lowest BCUT2D eigenvalue weighted by atomic mass is 10.1. The topological polar surface area (TPSA) is 67.5 Å². The molecule has 4 rings (SSSR count). The Hall–Kier alpha value is -3.14. The highest BCUT2D eigenvalue weighted by Gasteiger charge is 2.24. The molecule has 1 heterocycles. The molecule has 24 heavy (non-hydrogen) atoms. The van der Waals surface area contributed by atoms with Crippen LogP contribution in [0.5, 0.6) is 0 Å². The molecule has 4 heteroatoms. The van der Waals surface area contributed by atoms with Crippen LogP contribution in [0.3, 0.4) is 0 Å². The summed E-state index contributed by atoms with van der Waals surface area (Å²) in [5.41, 5.74) is 3.07. The molecule has 0 spiro atoms. The molecule has 1 aliphatic carbocycles. The largest absolute Gasteiger partial charge is 0.478 e. The zero-order valence-electron chi connectivity index (χ0n) is 12.8. The standard InChI is InChI=1S/C20H14O4/c21-18-15-8-6-13(10-12-4-2-1-3-5-12)19(15)24-17-9-7-14(20(22)23)11-16(17)18/h1-5,7,9-11H,6,8H2,(H,22,23). The Morgan fingerprint density at radius 3 is 2.62 bits per heavy atom. The van der Waals surface area contributed by atoms with Gasteiger partial charge in [0.25, 0.3) is 0 Å². The first-order valence-electron chi connectivity index (χ1n) is 7.72. The average Bonchev–Trinajstić information content (AvgIpc) is 2.99. The second-order valence-corrected chi connectivity index (χ2v) is 5.84. The van der Waals surface area contributed by atoms with Crippen molar-refractivity contribution < 1.29 is 14.3 Å². The number of carboxylic acids is 1. The molecule has 1 aliphatic rings. The Morgan fingerprint density at radius 2 is 1.88 bits per heavy atom. The van der Waals surface area contributed by atoms with E-state index < -0.39 is 5.97 Å². The number of carbonyl (C=O) groups is 1. The number of hydrogen-bond donors (Lipinski definition) is 1. The molecule has 1 aromatic heterocycles. The van der Waals surface area contributed by atoms with Crippen molar-refractivity contribution in [1.29, 1.82) is 0 Å². The van der Waals surface area contributed by atoms with Crippen LogP contribution in [0.1, 0.15) is 33.7 Å². The number of fused-ring (bicyclic) bond motifs is 2. The van der Waals surface area contributed by atoms with Gasteiger partial charge in [-0.15, -0.1) is 0 Å². The minimum absolute atomic E-state index is 0.0906. The molecule has 0 saturated heterocycles. The Bertz CT molecular complexity index is 1040. The fourth-order valence-electron chi connectivity index (χ4n) is 3.11. The molecule has 0 radical (unpaired) electrons. The van der Waals surface area contributed by atoms with Gasteiger partial charge in [0.1, 0.15) is 11.3 Å². The number of allylic oxidation sites excluding steroid dienone is 1. The van der Waals surface area contributed by atoms with Gasteiger partial charge >= 0.3 is 5.97 Å². The lowest BCUT2D eigenvalue weighted by Gasteiger charge is -2.05. The van der Waals surface area contributed by atoms with E-state index in [4.69, 9.17) is 9.52 Å². The summed E-state index contributed by atoms with van der Waals surface area (Å²) in [6.45, 7) is 0. The molecule has 0 atom stereocenters. The zero-order valence-corrected chi connectivity index (χ0v) is 12.8. The van der Waals surface area contributed by atoms with Gasteiger partial charge in [-0.2, -0.15) is 0 Å². The van der Waals surface area contributed by atoms with Crippen LogP contribution in [0.4, 0.5) is 0 Å². The van der Waals surface area contributed by atoms with Gasteiger partial charge in [-0.1, -0.05) is 30.3 Å². The number of rotatable bonds is 2. The van der Waals surface area contributed by atoms with E-state index in [1.54, 1.807) is 6.07 Å². The maximum atomic E-state index is 12.7. The minimum atomic E-state index is -1.05. The molecule has 3 aromatic rings. The van der Waals surface area contributed by atoms with Gasteiger partial charge in [0, 0.05) is 5.56 Å². The predicted octanol–water partition coefficient (Wildman–Crippen LogP) is 3.98. The van der Waals surface area contributed by atoms with Gasteiger partial charge in [0.15, 0.2) is 5.43 Å². The van der Waals surface area contributed by atoms with Gasteiger partial charge in [-0.25, -0.2) is 4.79 Å². The van der Waals surface area contributed by atoms with E-state index in [-0.39, 0.29) is 11.0 Å². The number of benzene rings is 2. The van der Waals surface area contributed by atoms with Crippen LogP contribution in [0.2, 0.25) is 0 Å². The van der Waals surface area contributed by atoms with Crippen molar-refractivity contribution in [2.75, 3.05) is 0 Å². The molecule has 4 nitrogen and oxygen atoms in total. The van der Waals surface area contributed by atoms with E-state index in [9.17, 15) is 9.59 Å². The third kappa shape index (κ3) is 2.33. The normalized spacial score (nSPS) is 14.9. The monoisotopic (exact) mass is 318 g/mol. The fraction of sp³-hybridized carbons (Fsp3) is 0.100. The molecule has 0 bridgehead atoms. The van der Waals surface area contributed by atoms with Crippen molar-refractivity contribution in [3.05, 3.63) is 81.2 Å². The summed E-state index contributed by atoms with van der Waals surface area (Å²) in [6.07, 6.45) is 3.39. The van der Waals surface area contributed by atoms with E-state index >= 15 is 0 Å². The summed E-state index contributed by atoms with van der Waals surface area (Å²) in [5, 5.41) is 9.42. The van der Waals surface area contributed by atoms with Crippen molar-refractivity contribution in [2.45, 2.75) is 12.8 Å². The van der Waals surface area contributed by atoms with E-state index in [0.29, 0.717) is 28.7 Å². The molecule has 118 valence electrons. The van der Waals surface area contributed by atoms with E-state index in [2.05, 4.69) is 0 Å². The van der Waals surface area contributed by atoms with Crippen LogP contribution in [-0.4, -0.2) is 11.1 Å². The second-order valence-electron chi connectivity index (χ2n) is 5.84. The number of aromatic carboxylic acids is 1. The summed E-state index contributed by atoms with van der Waals surface area (Å²) in [7, 11) is 0. The molecule has 1 N–H and O–H groups in total. The Kier molecular flexibility index (Phi) is 3.31. The quantitative estimate of drug-likeness (QED) is 0.776. The highest BCUT2D eigenvalue weighted by Crippen LogP contribution is 2.34. The molecule has 0 amide bonds.